The number of aromatic nitrogens is 1. The zero-order valence-electron chi connectivity index (χ0n) is 9.99. The van der Waals surface area contributed by atoms with Gasteiger partial charge in [-0.05, 0) is 23.6 Å². The first-order valence-electron chi connectivity index (χ1n) is 5.55. The maximum absolute atomic E-state index is 12.0. The van der Waals surface area contributed by atoms with Gasteiger partial charge in [0.2, 0.25) is 0 Å². The first kappa shape index (κ1) is 12.9. The standard InChI is InChI=1S/C11H9N3O4S2/c15-9-6-18-7-3-4-8(12-11(7)13-9)14-20(16,17)10-2-1-5-19-10/h1-5H,6H2,(H2,12,13,14,15). The molecule has 0 radical (unpaired) electrons. The maximum Gasteiger partial charge on any atom is 0.272 e. The third-order valence-corrected chi connectivity index (χ3v) is 5.23. The molecular weight excluding hydrogens is 302 g/mol. The van der Waals surface area contributed by atoms with Crippen LogP contribution in [0.5, 0.6) is 5.75 Å². The van der Waals surface area contributed by atoms with Crippen LogP contribution in [-0.2, 0) is 14.8 Å². The van der Waals surface area contributed by atoms with E-state index >= 15 is 0 Å². The van der Waals surface area contributed by atoms with Crippen LogP contribution in [0.25, 0.3) is 0 Å². The summed E-state index contributed by atoms with van der Waals surface area (Å²) < 4.78 is 31.8. The number of thiophene rings is 1. The molecule has 0 aromatic carbocycles. The molecule has 104 valence electrons. The summed E-state index contributed by atoms with van der Waals surface area (Å²) in [5.41, 5.74) is 0. The van der Waals surface area contributed by atoms with E-state index in [1.807, 2.05) is 0 Å². The van der Waals surface area contributed by atoms with Gasteiger partial charge in [-0.3, -0.25) is 9.52 Å². The summed E-state index contributed by atoms with van der Waals surface area (Å²) >= 11 is 1.11. The second kappa shape index (κ2) is 4.76. The number of anilines is 2. The summed E-state index contributed by atoms with van der Waals surface area (Å²) in [7, 11) is -3.66. The fraction of sp³-hybridized carbons (Fsp3) is 0.0909. The summed E-state index contributed by atoms with van der Waals surface area (Å²) in [5, 5.41) is 4.18. The van der Waals surface area contributed by atoms with E-state index in [1.54, 1.807) is 17.5 Å². The highest BCUT2D eigenvalue weighted by atomic mass is 32.2. The monoisotopic (exact) mass is 311 g/mol. The molecule has 1 amide bonds. The molecule has 0 saturated heterocycles. The van der Waals surface area contributed by atoms with Crippen LogP contribution >= 0.6 is 11.3 Å². The molecule has 0 saturated carbocycles. The lowest BCUT2D eigenvalue weighted by atomic mass is 10.3. The Morgan fingerprint density at radius 3 is 2.95 bits per heavy atom. The van der Waals surface area contributed by atoms with Crippen LogP contribution in [0.3, 0.4) is 0 Å². The van der Waals surface area contributed by atoms with Gasteiger partial charge in [0.1, 0.15) is 10.0 Å². The molecule has 0 fully saturated rings. The van der Waals surface area contributed by atoms with Crippen LogP contribution in [0.1, 0.15) is 0 Å². The van der Waals surface area contributed by atoms with Gasteiger partial charge in [-0.1, -0.05) is 6.07 Å². The summed E-state index contributed by atoms with van der Waals surface area (Å²) in [6, 6.07) is 6.17. The molecule has 2 aromatic rings. The van der Waals surface area contributed by atoms with Crippen molar-refractivity contribution in [3.63, 3.8) is 0 Å². The lowest BCUT2D eigenvalue weighted by molar-refractivity contribution is -0.118. The van der Waals surface area contributed by atoms with Crippen molar-refractivity contribution in [2.75, 3.05) is 16.6 Å². The number of pyridine rings is 1. The highest BCUT2D eigenvalue weighted by Crippen LogP contribution is 2.28. The van der Waals surface area contributed by atoms with Crippen LogP contribution in [0.15, 0.2) is 33.9 Å². The fourth-order valence-corrected chi connectivity index (χ4v) is 3.62. The molecule has 9 heteroatoms. The number of nitrogens with zero attached hydrogens (tertiary/aromatic N) is 1. The minimum atomic E-state index is -3.66. The maximum atomic E-state index is 12.0. The second-order valence-corrected chi connectivity index (χ2v) is 6.77. The summed E-state index contributed by atoms with van der Waals surface area (Å²) in [6.07, 6.45) is 0. The Morgan fingerprint density at radius 2 is 2.20 bits per heavy atom. The quantitative estimate of drug-likeness (QED) is 0.890. The van der Waals surface area contributed by atoms with E-state index in [2.05, 4.69) is 15.0 Å². The Kier molecular flexibility index (Phi) is 3.07. The molecule has 3 heterocycles. The van der Waals surface area contributed by atoms with Gasteiger partial charge >= 0.3 is 0 Å². The highest BCUT2D eigenvalue weighted by molar-refractivity contribution is 7.94. The van der Waals surface area contributed by atoms with Crippen molar-refractivity contribution in [2.45, 2.75) is 4.21 Å². The van der Waals surface area contributed by atoms with Gasteiger partial charge in [-0.25, -0.2) is 13.4 Å². The number of carbonyl (C=O) groups excluding carboxylic acids is 1. The van der Waals surface area contributed by atoms with Gasteiger partial charge in [-0.2, -0.15) is 0 Å². The Bertz CT molecular complexity index is 756. The van der Waals surface area contributed by atoms with Crippen molar-refractivity contribution in [3.8, 4) is 5.75 Å². The molecule has 3 rings (SSSR count). The van der Waals surface area contributed by atoms with Gasteiger partial charge in [0.05, 0.1) is 0 Å². The Labute approximate surface area is 118 Å². The average molecular weight is 311 g/mol. The highest BCUT2D eigenvalue weighted by Gasteiger charge is 2.20. The lowest BCUT2D eigenvalue weighted by Crippen LogP contribution is -2.26. The van der Waals surface area contributed by atoms with E-state index < -0.39 is 10.0 Å². The predicted octanol–water partition coefficient (Wildman–Crippen LogP) is 1.27. The molecule has 1 aliphatic rings. The number of sulfonamides is 1. The number of nitrogens with one attached hydrogen (secondary N) is 2. The Morgan fingerprint density at radius 1 is 1.35 bits per heavy atom. The van der Waals surface area contributed by atoms with Gasteiger partial charge in [0.15, 0.2) is 18.2 Å². The van der Waals surface area contributed by atoms with Crippen LogP contribution < -0.4 is 14.8 Å². The molecule has 0 bridgehead atoms. The smallest absolute Gasteiger partial charge is 0.272 e. The summed E-state index contributed by atoms with van der Waals surface area (Å²) in [5.74, 6) is 0.391. The van der Waals surface area contributed by atoms with Crippen molar-refractivity contribution in [1.29, 1.82) is 0 Å². The van der Waals surface area contributed by atoms with E-state index in [4.69, 9.17) is 4.74 Å². The largest absolute Gasteiger partial charge is 0.480 e. The van der Waals surface area contributed by atoms with E-state index in [0.717, 1.165) is 11.3 Å². The van der Waals surface area contributed by atoms with E-state index in [0.29, 0.717) is 5.75 Å². The number of ether oxygens (including phenoxy) is 1. The van der Waals surface area contributed by atoms with Crippen molar-refractivity contribution in [1.82, 2.24) is 4.98 Å². The van der Waals surface area contributed by atoms with Gasteiger partial charge < -0.3 is 10.1 Å². The topological polar surface area (TPSA) is 97.4 Å². The third-order valence-electron chi connectivity index (χ3n) is 2.47. The molecule has 20 heavy (non-hydrogen) atoms. The molecule has 0 aliphatic carbocycles. The fourth-order valence-electron chi connectivity index (χ4n) is 1.63. The van der Waals surface area contributed by atoms with Crippen LogP contribution in [-0.4, -0.2) is 25.9 Å². The first-order valence-corrected chi connectivity index (χ1v) is 7.91. The number of hydrogen-bond acceptors (Lipinski definition) is 6. The van der Waals surface area contributed by atoms with Crippen molar-refractivity contribution >= 4 is 38.9 Å². The summed E-state index contributed by atoms with van der Waals surface area (Å²) in [4.78, 5) is 15.2. The van der Waals surface area contributed by atoms with E-state index in [-0.39, 0.29) is 28.4 Å². The third kappa shape index (κ3) is 2.45. The molecule has 0 unspecified atom stereocenters. The van der Waals surface area contributed by atoms with Crippen LogP contribution in [0.2, 0.25) is 0 Å². The van der Waals surface area contributed by atoms with Crippen molar-refractivity contribution in [2.24, 2.45) is 0 Å². The molecule has 0 atom stereocenters. The Balaban J connectivity index is 1.89. The molecule has 2 aromatic heterocycles. The summed E-state index contributed by atoms with van der Waals surface area (Å²) in [6.45, 7) is -0.0745. The molecule has 1 aliphatic heterocycles. The second-order valence-electron chi connectivity index (χ2n) is 3.92. The zero-order chi connectivity index (χ0) is 14.2. The molecular formula is C11H9N3O4S2. The number of hydrogen-bond donors (Lipinski definition) is 2. The molecule has 0 spiro atoms. The number of amides is 1. The average Bonchev–Trinajstić information content (AvgIpc) is 2.92. The zero-order valence-corrected chi connectivity index (χ0v) is 11.6. The van der Waals surface area contributed by atoms with Crippen molar-refractivity contribution < 1.29 is 17.9 Å². The number of fused-ring (bicyclic) bond motifs is 1. The first-order chi connectivity index (χ1) is 9.54. The molecule has 7 nitrogen and oxygen atoms in total. The van der Waals surface area contributed by atoms with Crippen molar-refractivity contribution in [3.05, 3.63) is 29.6 Å². The molecule has 2 N–H and O–H groups in total. The number of rotatable bonds is 3. The van der Waals surface area contributed by atoms with E-state index in [1.165, 1.54) is 12.1 Å². The van der Waals surface area contributed by atoms with Crippen LogP contribution in [0, 0.1) is 0 Å². The lowest BCUT2D eigenvalue weighted by Gasteiger charge is -2.17. The van der Waals surface area contributed by atoms with Gasteiger partial charge in [0.25, 0.3) is 15.9 Å². The van der Waals surface area contributed by atoms with E-state index in [9.17, 15) is 13.2 Å². The Hall–Kier alpha value is -2.13. The normalized spacial score (nSPS) is 14.1. The van der Waals surface area contributed by atoms with Gasteiger partial charge in [-0.15, -0.1) is 11.3 Å². The predicted molar refractivity (Wildman–Crippen MR) is 73.5 cm³/mol. The SMILES string of the molecule is O=C1COc2ccc(NS(=O)(=O)c3cccs3)nc2N1. The van der Waals surface area contributed by atoms with Crippen LogP contribution in [0.4, 0.5) is 11.6 Å². The number of carbonyl (C=O) groups is 1. The van der Waals surface area contributed by atoms with Gasteiger partial charge in [0, 0.05) is 0 Å². The minimum Gasteiger partial charge on any atom is -0.480 e. The minimum absolute atomic E-state index is 0.0745.